The Hall–Kier alpha value is -3.69. The number of likely N-dealkylation sites (tertiary alicyclic amines) is 1. The summed E-state index contributed by atoms with van der Waals surface area (Å²) in [6.07, 6.45) is 11.6. The van der Waals surface area contributed by atoms with E-state index in [9.17, 15) is 9.59 Å². The first-order valence-corrected chi connectivity index (χ1v) is 14.0. The number of aryl methyl sites for hydroxylation is 1. The summed E-state index contributed by atoms with van der Waals surface area (Å²) in [4.78, 5) is 31.8. The molecular formula is C30H34ClN5O4. The highest BCUT2D eigenvalue weighted by atomic mass is 35.5. The third-order valence-electron chi connectivity index (χ3n) is 7.47. The summed E-state index contributed by atoms with van der Waals surface area (Å²) in [5.74, 6) is 0.893. The molecule has 40 heavy (non-hydrogen) atoms. The van der Waals surface area contributed by atoms with E-state index in [2.05, 4.69) is 10.3 Å². The third-order valence-corrected chi connectivity index (χ3v) is 7.69. The molecule has 1 N–H and O–H groups in total. The summed E-state index contributed by atoms with van der Waals surface area (Å²) in [5.41, 5.74) is 3.16. The van der Waals surface area contributed by atoms with Gasteiger partial charge < -0.3 is 19.7 Å². The number of aromatic nitrogens is 3. The number of nitrogens with zero attached hydrogens (tertiary/aromatic N) is 4. The van der Waals surface area contributed by atoms with Gasteiger partial charge in [-0.05, 0) is 55.5 Å². The molecule has 210 valence electrons. The van der Waals surface area contributed by atoms with Crippen molar-refractivity contribution in [3.05, 3.63) is 76.6 Å². The fourth-order valence-electron chi connectivity index (χ4n) is 5.18. The van der Waals surface area contributed by atoms with Crippen LogP contribution in [0.3, 0.4) is 0 Å². The van der Waals surface area contributed by atoms with Crippen molar-refractivity contribution >= 4 is 34.3 Å². The number of ether oxygens (including phenoxy) is 2. The van der Waals surface area contributed by atoms with Crippen LogP contribution in [0, 0.1) is 12.8 Å². The van der Waals surface area contributed by atoms with Crippen LogP contribution in [-0.2, 0) is 16.1 Å². The molecule has 5 rings (SSSR count). The van der Waals surface area contributed by atoms with Crippen molar-refractivity contribution in [2.75, 3.05) is 33.4 Å². The molecule has 1 fully saturated rings. The maximum Gasteiger partial charge on any atom is 0.253 e. The predicted octanol–water partition coefficient (Wildman–Crippen LogP) is 4.34. The second-order valence-corrected chi connectivity index (χ2v) is 10.7. The number of hydrogen-bond acceptors (Lipinski definition) is 6. The van der Waals surface area contributed by atoms with Gasteiger partial charge in [-0.15, -0.1) is 0 Å². The fraction of sp³-hybridized carbons (Fsp3) is 0.400. The lowest BCUT2D eigenvalue weighted by atomic mass is 9.95. The molecule has 3 heterocycles. The SMILES string of the molecule is COCCNC(=O)c1ccc2nn(CC3CCN(C(=O)C4=CCC(Oc5ccc(Cl)cn5)C=C4)CC3)cc2c1C. The van der Waals surface area contributed by atoms with Gasteiger partial charge in [-0.3, -0.25) is 14.3 Å². The summed E-state index contributed by atoms with van der Waals surface area (Å²) in [6.45, 7) is 5.12. The molecule has 3 aromatic rings. The average molecular weight is 564 g/mol. The molecule has 1 saturated heterocycles. The van der Waals surface area contributed by atoms with Crippen LogP contribution in [0.4, 0.5) is 0 Å². The van der Waals surface area contributed by atoms with Gasteiger partial charge in [0.2, 0.25) is 5.88 Å². The molecule has 0 spiro atoms. The van der Waals surface area contributed by atoms with Crippen molar-refractivity contribution in [3.8, 4) is 5.88 Å². The highest BCUT2D eigenvalue weighted by Crippen LogP contribution is 2.26. The predicted molar refractivity (Wildman–Crippen MR) is 153 cm³/mol. The first-order valence-electron chi connectivity index (χ1n) is 13.6. The number of piperidine rings is 1. The quantitative estimate of drug-likeness (QED) is 0.389. The zero-order chi connectivity index (χ0) is 28.1. The number of rotatable bonds is 9. The number of hydrogen-bond donors (Lipinski definition) is 1. The second-order valence-electron chi connectivity index (χ2n) is 10.2. The van der Waals surface area contributed by atoms with E-state index in [0.29, 0.717) is 47.5 Å². The van der Waals surface area contributed by atoms with Gasteiger partial charge in [0.15, 0.2) is 0 Å². The number of nitrogens with one attached hydrogen (secondary N) is 1. The first kappa shape index (κ1) is 27.9. The lowest BCUT2D eigenvalue weighted by Gasteiger charge is -2.32. The Morgan fingerprint density at radius 1 is 1.18 bits per heavy atom. The molecule has 0 bridgehead atoms. The van der Waals surface area contributed by atoms with Gasteiger partial charge in [0, 0.05) is 74.7 Å². The monoisotopic (exact) mass is 563 g/mol. The zero-order valence-corrected chi connectivity index (χ0v) is 23.6. The number of amides is 2. The normalized spacial score (nSPS) is 17.6. The van der Waals surface area contributed by atoms with Crippen LogP contribution in [0.15, 0.2) is 60.5 Å². The lowest BCUT2D eigenvalue weighted by molar-refractivity contribution is -0.128. The highest BCUT2D eigenvalue weighted by Gasteiger charge is 2.26. The van der Waals surface area contributed by atoms with Crippen molar-refractivity contribution in [1.82, 2.24) is 25.0 Å². The minimum atomic E-state index is -0.162. The molecule has 2 aromatic heterocycles. The van der Waals surface area contributed by atoms with E-state index in [1.807, 2.05) is 53.1 Å². The smallest absolute Gasteiger partial charge is 0.253 e. The summed E-state index contributed by atoms with van der Waals surface area (Å²) in [5, 5.41) is 9.18. The second kappa shape index (κ2) is 12.7. The van der Waals surface area contributed by atoms with E-state index in [4.69, 9.17) is 26.2 Å². The number of carbonyl (C=O) groups is 2. The number of carbonyl (C=O) groups excluding carboxylic acids is 2. The van der Waals surface area contributed by atoms with Crippen LogP contribution in [-0.4, -0.2) is 70.9 Å². The van der Waals surface area contributed by atoms with Crippen LogP contribution in [0.1, 0.15) is 35.2 Å². The fourth-order valence-corrected chi connectivity index (χ4v) is 5.29. The average Bonchev–Trinajstić information content (AvgIpc) is 3.38. The Morgan fingerprint density at radius 3 is 2.70 bits per heavy atom. The van der Waals surface area contributed by atoms with Gasteiger partial charge in [-0.1, -0.05) is 23.8 Å². The van der Waals surface area contributed by atoms with Gasteiger partial charge in [0.1, 0.15) is 6.10 Å². The van der Waals surface area contributed by atoms with Crippen LogP contribution < -0.4 is 10.1 Å². The first-order chi connectivity index (χ1) is 19.4. The van der Waals surface area contributed by atoms with Gasteiger partial charge in [-0.2, -0.15) is 5.10 Å². The van der Waals surface area contributed by atoms with E-state index < -0.39 is 0 Å². The molecule has 1 aliphatic heterocycles. The summed E-state index contributed by atoms with van der Waals surface area (Å²) in [6, 6.07) is 7.21. The number of fused-ring (bicyclic) bond motifs is 1. The maximum absolute atomic E-state index is 13.1. The third kappa shape index (κ3) is 6.54. The maximum atomic E-state index is 13.1. The van der Waals surface area contributed by atoms with Gasteiger partial charge >= 0.3 is 0 Å². The molecule has 2 amide bonds. The topological polar surface area (TPSA) is 98.6 Å². The highest BCUT2D eigenvalue weighted by molar-refractivity contribution is 6.30. The molecular weight excluding hydrogens is 530 g/mol. The van der Waals surface area contributed by atoms with E-state index >= 15 is 0 Å². The summed E-state index contributed by atoms with van der Waals surface area (Å²) >= 11 is 5.88. The van der Waals surface area contributed by atoms with Crippen molar-refractivity contribution in [2.24, 2.45) is 5.92 Å². The van der Waals surface area contributed by atoms with Crippen LogP contribution in [0.5, 0.6) is 5.88 Å². The molecule has 1 aliphatic carbocycles. The largest absolute Gasteiger partial charge is 0.470 e. The zero-order valence-electron chi connectivity index (χ0n) is 22.8. The van der Waals surface area contributed by atoms with Crippen molar-refractivity contribution in [3.63, 3.8) is 0 Å². The summed E-state index contributed by atoms with van der Waals surface area (Å²) in [7, 11) is 1.61. The van der Waals surface area contributed by atoms with Crippen LogP contribution in [0.2, 0.25) is 5.02 Å². The Bertz CT molecular complexity index is 1420. The Kier molecular flexibility index (Phi) is 8.81. The van der Waals surface area contributed by atoms with E-state index in [1.54, 1.807) is 25.4 Å². The van der Waals surface area contributed by atoms with Crippen LogP contribution in [0.25, 0.3) is 10.9 Å². The Labute approximate surface area is 238 Å². The van der Waals surface area contributed by atoms with Crippen molar-refractivity contribution < 1.29 is 19.1 Å². The summed E-state index contributed by atoms with van der Waals surface area (Å²) < 4.78 is 12.9. The molecule has 0 radical (unpaired) electrons. The van der Waals surface area contributed by atoms with E-state index in [0.717, 1.165) is 48.9 Å². The molecule has 2 aliphatic rings. The van der Waals surface area contributed by atoms with E-state index in [-0.39, 0.29) is 17.9 Å². The minimum absolute atomic E-state index is 0.0644. The standard InChI is InChI=1S/C30H34ClN5O4/c1-20-25(29(37)32-13-16-39-2)8-9-27-26(20)19-36(34-27)18-21-11-14-35(15-12-21)30(38)22-3-6-24(7-4-22)40-28-10-5-23(31)17-33-28/h3-6,8-10,17,19,21,24H,7,11-16,18H2,1-2H3,(H,32,37). The van der Waals surface area contributed by atoms with Gasteiger partial charge in [0.05, 0.1) is 17.1 Å². The van der Waals surface area contributed by atoms with Crippen molar-refractivity contribution in [1.29, 1.82) is 0 Å². The number of pyridine rings is 1. The Morgan fingerprint density at radius 2 is 2.00 bits per heavy atom. The van der Waals surface area contributed by atoms with Crippen molar-refractivity contribution in [2.45, 2.75) is 38.8 Å². The molecule has 0 saturated carbocycles. The molecule has 10 heteroatoms. The van der Waals surface area contributed by atoms with Gasteiger partial charge in [0.25, 0.3) is 11.8 Å². The minimum Gasteiger partial charge on any atom is -0.470 e. The van der Waals surface area contributed by atoms with E-state index in [1.165, 1.54) is 0 Å². The molecule has 1 atom stereocenters. The van der Waals surface area contributed by atoms with Gasteiger partial charge in [-0.25, -0.2) is 4.98 Å². The Balaban J connectivity index is 1.12. The molecule has 1 unspecified atom stereocenters. The lowest BCUT2D eigenvalue weighted by Crippen LogP contribution is -2.40. The molecule has 1 aromatic carbocycles. The number of benzene rings is 1. The number of methoxy groups -OCH3 is 1. The number of halogens is 1. The molecule has 9 nitrogen and oxygen atoms in total. The van der Waals surface area contributed by atoms with Crippen LogP contribution >= 0.6 is 11.6 Å².